The largest absolute Gasteiger partial charge is 0.407 e. The quantitative estimate of drug-likeness (QED) is 0.543. The molecule has 0 fully saturated rings. The van der Waals surface area contributed by atoms with Gasteiger partial charge in [-0.2, -0.15) is 13.2 Å². The number of alkyl halides is 3. The highest BCUT2D eigenvalue weighted by atomic mass is 32.1. The van der Waals surface area contributed by atoms with Crippen LogP contribution in [0.15, 0.2) is 40.5 Å². The number of benzene rings is 1. The Morgan fingerprint density at radius 1 is 1.29 bits per heavy atom. The van der Waals surface area contributed by atoms with Crippen LogP contribution in [0.4, 0.5) is 18.9 Å². The van der Waals surface area contributed by atoms with Gasteiger partial charge in [-0.05, 0) is 31.0 Å². The van der Waals surface area contributed by atoms with Crippen molar-refractivity contribution in [1.82, 2.24) is 9.55 Å². The standard InChI is InChI=1S/C20H16F3N3OS/c1-4-17-25-14(11-28-17)10-26-16(13-7-5-6-12(2)8-13)9-15(20(21,22)23)18(24-3)19(26)27/h5-9,11H,4,10H2,1-2H3. The summed E-state index contributed by atoms with van der Waals surface area (Å²) >= 11 is 1.43. The summed E-state index contributed by atoms with van der Waals surface area (Å²) in [6, 6.07) is 7.78. The molecule has 4 nitrogen and oxygen atoms in total. The molecule has 3 aromatic rings. The fraction of sp³-hybridized carbons (Fsp3) is 0.250. The molecule has 0 radical (unpaired) electrons. The van der Waals surface area contributed by atoms with Crippen molar-refractivity contribution < 1.29 is 13.2 Å². The molecule has 0 aliphatic heterocycles. The molecular formula is C20H16F3N3OS. The fourth-order valence-corrected chi connectivity index (χ4v) is 3.64. The van der Waals surface area contributed by atoms with E-state index < -0.39 is 23.0 Å². The lowest BCUT2D eigenvalue weighted by Crippen LogP contribution is -2.25. The van der Waals surface area contributed by atoms with Crippen molar-refractivity contribution in [2.45, 2.75) is 33.0 Å². The van der Waals surface area contributed by atoms with Crippen molar-refractivity contribution in [3.05, 3.63) is 79.3 Å². The van der Waals surface area contributed by atoms with Crippen LogP contribution < -0.4 is 5.56 Å². The molecule has 8 heteroatoms. The van der Waals surface area contributed by atoms with Crippen molar-refractivity contribution >= 4 is 17.0 Å². The maximum absolute atomic E-state index is 13.5. The predicted octanol–water partition coefficient (Wildman–Crippen LogP) is 5.46. The van der Waals surface area contributed by atoms with E-state index in [1.807, 2.05) is 19.9 Å². The number of aromatic nitrogens is 2. The molecule has 2 aromatic heterocycles. The Labute approximate surface area is 163 Å². The van der Waals surface area contributed by atoms with Crippen molar-refractivity contribution in [3.8, 4) is 11.3 Å². The van der Waals surface area contributed by atoms with Crippen LogP contribution in [0.5, 0.6) is 0 Å². The van der Waals surface area contributed by atoms with Crippen LogP contribution in [-0.4, -0.2) is 9.55 Å². The fourth-order valence-electron chi connectivity index (χ4n) is 2.91. The van der Waals surface area contributed by atoms with Crippen LogP contribution in [0.1, 0.15) is 28.8 Å². The highest BCUT2D eigenvalue weighted by molar-refractivity contribution is 7.09. The Bertz CT molecular complexity index is 1120. The van der Waals surface area contributed by atoms with Crippen LogP contribution in [0.3, 0.4) is 0 Å². The zero-order valence-corrected chi connectivity index (χ0v) is 16.0. The van der Waals surface area contributed by atoms with Gasteiger partial charge in [0.2, 0.25) is 0 Å². The number of hydrogen-bond donors (Lipinski definition) is 0. The first-order valence-corrected chi connectivity index (χ1v) is 9.35. The minimum atomic E-state index is -4.80. The molecular weight excluding hydrogens is 387 g/mol. The maximum Gasteiger partial charge on any atom is 0.407 e. The van der Waals surface area contributed by atoms with Gasteiger partial charge in [-0.15, -0.1) is 11.3 Å². The lowest BCUT2D eigenvalue weighted by molar-refractivity contribution is -0.136. The molecule has 0 saturated heterocycles. The zero-order chi connectivity index (χ0) is 20.5. The first-order chi connectivity index (χ1) is 13.2. The Morgan fingerprint density at radius 2 is 2.04 bits per heavy atom. The molecule has 3 rings (SSSR count). The Hall–Kier alpha value is -2.92. The minimum absolute atomic E-state index is 0.000728. The van der Waals surface area contributed by atoms with Crippen LogP contribution >= 0.6 is 11.3 Å². The van der Waals surface area contributed by atoms with E-state index in [1.54, 1.807) is 23.6 Å². The molecule has 1 aromatic carbocycles. The lowest BCUT2D eigenvalue weighted by Gasteiger charge is -2.17. The Morgan fingerprint density at radius 3 is 2.61 bits per heavy atom. The van der Waals surface area contributed by atoms with E-state index >= 15 is 0 Å². The van der Waals surface area contributed by atoms with Crippen molar-refractivity contribution in [2.24, 2.45) is 0 Å². The molecule has 2 heterocycles. The third kappa shape index (κ3) is 3.85. The second-order valence-corrected chi connectivity index (χ2v) is 7.19. The van der Waals surface area contributed by atoms with E-state index in [0.717, 1.165) is 23.1 Å². The molecule has 0 aliphatic carbocycles. The third-order valence-corrected chi connectivity index (χ3v) is 5.27. The van der Waals surface area contributed by atoms with Gasteiger partial charge < -0.3 is 4.57 Å². The van der Waals surface area contributed by atoms with Gasteiger partial charge in [0.05, 0.1) is 29.4 Å². The summed E-state index contributed by atoms with van der Waals surface area (Å²) in [4.78, 5) is 20.1. The number of nitrogens with zero attached hydrogens (tertiary/aromatic N) is 3. The molecule has 144 valence electrons. The number of hydrogen-bond acceptors (Lipinski definition) is 3. The van der Waals surface area contributed by atoms with Crippen molar-refractivity contribution in [3.63, 3.8) is 0 Å². The second-order valence-electron chi connectivity index (χ2n) is 6.25. The molecule has 0 saturated carbocycles. The Kier molecular flexibility index (Phi) is 5.38. The summed E-state index contributed by atoms with van der Waals surface area (Å²) < 4.78 is 41.7. The molecule has 0 aliphatic rings. The molecule has 0 N–H and O–H groups in total. The predicted molar refractivity (Wildman–Crippen MR) is 103 cm³/mol. The molecule has 0 atom stereocenters. The van der Waals surface area contributed by atoms with E-state index in [1.165, 1.54) is 15.9 Å². The number of aryl methyl sites for hydroxylation is 2. The molecule has 28 heavy (non-hydrogen) atoms. The zero-order valence-electron chi connectivity index (χ0n) is 15.2. The summed E-state index contributed by atoms with van der Waals surface area (Å²) in [5, 5.41) is 2.65. The van der Waals surface area contributed by atoms with E-state index in [9.17, 15) is 18.0 Å². The van der Waals surface area contributed by atoms with Crippen molar-refractivity contribution in [1.29, 1.82) is 0 Å². The summed E-state index contributed by atoms with van der Waals surface area (Å²) in [6.07, 6.45) is -4.07. The van der Waals surface area contributed by atoms with Gasteiger partial charge in [0, 0.05) is 11.1 Å². The summed E-state index contributed by atoms with van der Waals surface area (Å²) in [5.74, 6) is 0. The average molecular weight is 403 g/mol. The molecule has 0 spiro atoms. The van der Waals surface area contributed by atoms with Gasteiger partial charge >= 0.3 is 6.18 Å². The van der Waals surface area contributed by atoms with Crippen LogP contribution in [0.25, 0.3) is 16.1 Å². The minimum Gasteiger partial charge on any atom is -0.311 e. The highest BCUT2D eigenvalue weighted by Gasteiger charge is 2.36. The third-order valence-electron chi connectivity index (χ3n) is 4.23. The average Bonchev–Trinajstić information content (AvgIpc) is 3.10. The van der Waals surface area contributed by atoms with Crippen LogP contribution in [0.2, 0.25) is 0 Å². The SMILES string of the molecule is [C-]#[N+]c1c(C(F)(F)F)cc(-c2cccc(C)c2)n(Cc2csc(CC)n2)c1=O. The van der Waals surface area contributed by atoms with E-state index in [0.29, 0.717) is 11.3 Å². The lowest BCUT2D eigenvalue weighted by atomic mass is 10.0. The van der Waals surface area contributed by atoms with Crippen LogP contribution in [-0.2, 0) is 19.1 Å². The molecule has 0 unspecified atom stereocenters. The molecule has 0 bridgehead atoms. The van der Waals surface area contributed by atoms with E-state index in [4.69, 9.17) is 6.57 Å². The van der Waals surface area contributed by atoms with E-state index in [2.05, 4.69) is 9.83 Å². The van der Waals surface area contributed by atoms with Gasteiger partial charge in [-0.25, -0.2) is 9.83 Å². The Balaban J connectivity index is 2.29. The second kappa shape index (κ2) is 7.60. The maximum atomic E-state index is 13.5. The monoisotopic (exact) mass is 403 g/mol. The van der Waals surface area contributed by atoms with Gasteiger partial charge in [0.25, 0.3) is 11.2 Å². The van der Waals surface area contributed by atoms with Gasteiger partial charge in [-0.3, -0.25) is 4.79 Å². The number of thiazole rings is 1. The van der Waals surface area contributed by atoms with Gasteiger partial charge in [-0.1, -0.05) is 30.7 Å². The van der Waals surface area contributed by atoms with Crippen LogP contribution in [0, 0.1) is 13.5 Å². The summed E-state index contributed by atoms with van der Waals surface area (Å²) in [7, 11) is 0. The number of pyridine rings is 1. The van der Waals surface area contributed by atoms with Gasteiger partial charge in [0.15, 0.2) is 0 Å². The highest BCUT2D eigenvalue weighted by Crippen LogP contribution is 2.37. The normalized spacial score (nSPS) is 11.4. The van der Waals surface area contributed by atoms with E-state index in [-0.39, 0.29) is 12.2 Å². The number of rotatable bonds is 4. The van der Waals surface area contributed by atoms with Gasteiger partial charge in [0.1, 0.15) is 0 Å². The first-order valence-electron chi connectivity index (χ1n) is 8.47. The summed E-state index contributed by atoms with van der Waals surface area (Å²) in [6.45, 7) is 10.9. The smallest absolute Gasteiger partial charge is 0.311 e. The summed E-state index contributed by atoms with van der Waals surface area (Å²) in [5.41, 5.74) is -1.09. The molecule has 0 amide bonds. The van der Waals surface area contributed by atoms with Crippen molar-refractivity contribution in [2.75, 3.05) is 0 Å². The first kappa shape index (κ1) is 19.8. The number of halogens is 3. The topological polar surface area (TPSA) is 39.2 Å².